The first-order chi connectivity index (χ1) is 13.7. The highest BCUT2D eigenvalue weighted by Gasteiger charge is 2.20. The van der Waals surface area contributed by atoms with Crippen molar-refractivity contribution in [3.05, 3.63) is 120 Å². The SMILES string of the molecule is CC(=O)c1ccccc1.c1ccc(-c2cccc3c2Cc2ccccc2-3)cc1. The van der Waals surface area contributed by atoms with Crippen LogP contribution in [0.5, 0.6) is 0 Å². The van der Waals surface area contributed by atoms with E-state index in [1.807, 2.05) is 30.3 Å². The number of carbonyl (C=O) groups is 1. The second-order valence-electron chi connectivity index (χ2n) is 6.95. The second-order valence-corrected chi connectivity index (χ2v) is 6.95. The molecule has 0 atom stereocenters. The molecule has 28 heavy (non-hydrogen) atoms. The highest BCUT2D eigenvalue weighted by molar-refractivity contribution is 5.93. The molecule has 0 bridgehead atoms. The molecule has 1 heteroatoms. The lowest BCUT2D eigenvalue weighted by molar-refractivity contribution is 0.101. The van der Waals surface area contributed by atoms with E-state index in [2.05, 4.69) is 72.8 Å². The van der Waals surface area contributed by atoms with E-state index in [9.17, 15) is 4.79 Å². The largest absolute Gasteiger partial charge is 0.295 e. The minimum atomic E-state index is 0.121. The van der Waals surface area contributed by atoms with Crippen molar-refractivity contribution in [2.45, 2.75) is 13.3 Å². The number of rotatable bonds is 2. The maximum Gasteiger partial charge on any atom is 0.159 e. The average molecular weight is 362 g/mol. The molecule has 0 saturated heterocycles. The number of fused-ring (bicyclic) bond motifs is 3. The summed E-state index contributed by atoms with van der Waals surface area (Å²) in [5.41, 5.74) is 9.17. The molecule has 1 aliphatic rings. The highest BCUT2D eigenvalue weighted by Crippen LogP contribution is 2.41. The molecule has 1 nitrogen and oxygen atoms in total. The first-order valence-electron chi connectivity index (χ1n) is 9.55. The van der Waals surface area contributed by atoms with Crippen molar-refractivity contribution in [2.24, 2.45) is 0 Å². The molecule has 1 aliphatic carbocycles. The van der Waals surface area contributed by atoms with E-state index in [1.165, 1.54) is 33.4 Å². The predicted octanol–water partition coefficient (Wildman–Crippen LogP) is 6.81. The zero-order valence-corrected chi connectivity index (χ0v) is 15.9. The number of carbonyl (C=O) groups excluding carboxylic acids is 1. The van der Waals surface area contributed by atoms with Crippen LogP contribution in [0.4, 0.5) is 0 Å². The van der Waals surface area contributed by atoms with Crippen molar-refractivity contribution in [2.75, 3.05) is 0 Å². The lowest BCUT2D eigenvalue weighted by Gasteiger charge is -2.08. The fourth-order valence-electron chi connectivity index (χ4n) is 3.72. The van der Waals surface area contributed by atoms with Crippen LogP contribution in [0.1, 0.15) is 28.4 Å². The Morgan fingerprint density at radius 3 is 1.86 bits per heavy atom. The molecule has 0 aliphatic heterocycles. The van der Waals surface area contributed by atoms with Crippen molar-refractivity contribution in [1.29, 1.82) is 0 Å². The summed E-state index contributed by atoms with van der Waals surface area (Å²) >= 11 is 0. The van der Waals surface area contributed by atoms with Crippen LogP contribution in [0.2, 0.25) is 0 Å². The summed E-state index contributed by atoms with van der Waals surface area (Å²) < 4.78 is 0. The molecule has 0 aromatic heterocycles. The van der Waals surface area contributed by atoms with Gasteiger partial charge in [-0.2, -0.15) is 0 Å². The molecule has 0 spiro atoms. The van der Waals surface area contributed by atoms with Crippen molar-refractivity contribution in [3.63, 3.8) is 0 Å². The minimum Gasteiger partial charge on any atom is -0.295 e. The molecule has 0 fully saturated rings. The Labute approximate surface area is 166 Å². The van der Waals surface area contributed by atoms with Gasteiger partial charge in [0.25, 0.3) is 0 Å². The molecule has 4 aromatic carbocycles. The van der Waals surface area contributed by atoms with Gasteiger partial charge in [-0.15, -0.1) is 0 Å². The molecule has 136 valence electrons. The monoisotopic (exact) mass is 362 g/mol. The topological polar surface area (TPSA) is 17.1 Å². The zero-order valence-electron chi connectivity index (χ0n) is 15.9. The van der Waals surface area contributed by atoms with Crippen molar-refractivity contribution >= 4 is 5.78 Å². The normalized spacial score (nSPS) is 11.0. The van der Waals surface area contributed by atoms with Crippen LogP contribution >= 0.6 is 0 Å². The maximum atomic E-state index is 10.6. The first-order valence-corrected chi connectivity index (χ1v) is 9.55. The van der Waals surface area contributed by atoms with Crippen LogP contribution < -0.4 is 0 Å². The molecule has 4 aromatic rings. The van der Waals surface area contributed by atoms with E-state index in [1.54, 1.807) is 6.92 Å². The van der Waals surface area contributed by atoms with Gasteiger partial charge in [-0.1, -0.05) is 103 Å². The van der Waals surface area contributed by atoms with Crippen LogP contribution in [0.15, 0.2) is 103 Å². The molecule has 0 heterocycles. The summed E-state index contributed by atoms with van der Waals surface area (Å²) in [6.45, 7) is 1.56. The Balaban J connectivity index is 0.000000181. The van der Waals surface area contributed by atoms with Gasteiger partial charge in [-0.25, -0.2) is 0 Å². The fourth-order valence-corrected chi connectivity index (χ4v) is 3.72. The van der Waals surface area contributed by atoms with Gasteiger partial charge < -0.3 is 0 Å². The van der Waals surface area contributed by atoms with E-state index in [0.29, 0.717) is 0 Å². The van der Waals surface area contributed by atoms with E-state index in [4.69, 9.17) is 0 Å². The van der Waals surface area contributed by atoms with Crippen molar-refractivity contribution < 1.29 is 4.79 Å². The third-order valence-corrected chi connectivity index (χ3v) is 5.12. The van der Waals surface area contributed by atoms with Gasteiger partial charge in [0.1, 0.15) is 0 Å². The highest BCUT2D eigenvalue weighted by atomic mass is 16.1. The molecule has 0 saturated carbocycles. The van der Waals surface area contributed by atoms with Crippen LogP contribution in [0, 0.1) is 0 Å². The number of hydrogen-bond acceptors (Lipinski definition) is 1. The number of ketones is 1. The summed E-state index contributed by atoms with van der Waals surface area (Å²) in [6.07, 6.45) is 1.05. The Morgan fingerprint density at radius 2 is 1.18 bits per heavy atom. The van der Waals surface area contributed by atoms with E-state index in [0.717, 1.165) is 12.0 Å². The van der Waals surface area contributed by atoms with Crippen LogP contribution in [-0.4, -0.2) is 5.78 Å². The molecule has 0 N–H and O–H groups in total. The van der Waals surface area contributed by atoms with Crippen LogP contribution in [0.25, 0.3) is 22.3 Å². The van der Waals surface area contributed by atoms with Gasteiger partial charge >= 0.3 is 0 Å². The lowest BCUT2D eigenvalue weighted by atomic mass is 9.96. The van der Waals surface area contributed by atoms with E-state index in [-0.39, 0.29) is 5.78 Å². The van der Waals surface area contributed by atoms with Crippen molar-refractivity contribution in [3.8, 4) is 22.3 Å². The summed E-state index contributed by atoms with van der Waals surface area (Å²) in [7, 11) is 0. The summed E-state index contributed by atoms with van der Waals surface area (Å²) in [5, 5.41) is 0. The Bertz CT molecular complexity index is 1100. The van der Waals surface area contributed by atoms with Gasteiger partial charge in [0, 0.05) is 5.56 Å². The van der Waals surface area contributed by atoms with E-state index < -0.39 is 0 Å². The summed E-state index contributed by atoms with van der Waals surface area (Å²) in [6, 6.07) is 35.3. The van der Waals surface area contributed by atoms with Gasteiger partial charge in [-0.05, 0) is 46.7 Å². The van der Waals surface area contributed by atoms with Gasteiger partial charge in [-0.3, -0.25) is 4.79 Å². The standard InChI is InChI=1S/C19H14.C8H8O/c1-2-7-14(8-3-1)16-11-6-12-18-17-10-5-4-9-15(17)13-19(16)18;1-7(9)8-5-3-2-4-6-8/h1-12H,13H2;2-6H,1H3. The number of benzene rings is 4. The predicted molar refractivity (Wildman–Crippen MR) is 117 cm³/mol. The molecular formula is C27H22O. The molecule has 0 amide bonds. The molecule has 0 unspecified atom stereocenters. The third kappa shape index (κ3) is 3.65. The maximum absolute atomic E-state index is 10.6. The molecule has 5 rings (SSSR count). The van der Waals surface area contributed by atoms with Gasteiger partial charge in [0.15, 0.2) is 5.78 Å². The van der Waals surface area contributed by atoms with Gasteiger partial charge in [0.2, 0.25) is 0 Å². The number of hydrogen-bond donors (Lipinski definition) is 0. The smallest absolute Gasteiger partial charge is 0.159 e. The lowest BCUT2D eigenvalue weighted by Crippen LogP contribution is -1.88. The number of Topliss-reactive ketones (excluding diaryl/α,β-unsaturated/α-hetero) is 1. The Hall–Kier alpha value is -3.45. The van der Waals surface area contributed by atoms with E-state index >= 15 is 0 Å². The summed E-state index contributed by atoms with van der Waals surface area (Å²) in [4.78, 5) is 10.6. The fraction of sp³-hybridized carbons (Fsp3) is 0.0741. The molecule has 0 radical (unpaired) electrons. The van der Waals surface area contributed by atoms with Gasteiger partial charge in [0.05, 0.1) is 0 Å². The minimum absolute atomic E-state index is 0.121. The van der Waals surface area contributed by atoms with Crippen molar-refractivity contribution in [1.82, 2.24) is 0 Å². The van der Waals surface area contributed by atoms with Crippen LogP contribution in [-0.2, 0) is 6.42 Å². The summed E-state index contributed by atoms with van der Waals surface area (Å²) in [5.74, 6) is 0.121. The van der Waals surface area contributed by atoms with Crippen LogP contribution in [0.3, 0.4) is 0 Å². The second kappa shape index (κ2) is 8.06. The zero-order chi connectivity index (χ0) is 19.3. The quantitative estimate of drug-likeness (QED) is 0.315. The third-order valence-electron chi connectivity index (χ3n) is 5.12. The first kappa shape index (κ1) is 17.9. The molecular weight excluding hydrogens is 340 g/mol. The Kier molecular flexibility index (Phi) is 5.16. The Morgan fingerprint density at radius 1 is 0.607 bits per heavy atom. The average Bonchev–Trinajstić information content (AvgIpc) is 3.14.